The van der Waals surface area contributed by atoms with Crippen LogP contribution >= 0.6 is 0 Å². The summed E-state index contributed by atoms with van der Waals surface area (Å²) in [5.74, 6) is -0.348. The number of carbonyl (C=O) groups is 2. The highest BCUT2D eigenvalue weighted by Crippen LogP contribution is 2.12. The summed E-state index contributed by atoms with van der Waals surface area (Å²) < 4.78 is 4.91. The average molecular weight is 328 g/mol. The Kier molecular flexibility index (Phi) is 5.83. The van der Waals surface area contributed by atoms with Gasteiger partial charge in [-0.25, -0.2) is 14.8 Å². The van der Waals surface area contributed by atoms with Crippen molar-refractivity contribution in [2.45, 2.75) is 26.8 Å². The van der Waals surface area contributed by atoms with Gasteiger partial charge in [0, 0.05) is 17.9 Å². The van der Waals surface area contributed by atoms with Crippen molar-refractivity contribution in [2.24, 2.45) is 0 Å². The first-order valence-electron chi connectivity index (χ1n) is 7.67. The van der Waals surface area contributed by atoms with Gasteiger partial charge < -0.3 is 15.4 Å². The molecule has 1 aromatic carbocycles. The Hall–Kier alpha value is -2.96. The number of nitrogens with one attached hydrogen (secondary N) is 2. The lowest BCUT2D eigenvalue weighted by atomic mass is 10.2. The lowest BCUT2D eigenvalue weighted by molar-refractivity contribution is 0.0526. The van der Waals surface area contributed by atoms with Gasteiger partial charge in [-0.15, -0.1) is 0 Å². The molecule has 0 saturated carbocycles. The van der Waals surface area contributed by atoms with E-state index in [9.17, 15) is 9.59 Å². The lowest BCUT2D eigenvalue weighted by Gasteiger charge is -2.09. The molecule has 0 aliphatic carbocycles. The first kappa shape index (κ1) is 17.4. The fraction of sp³-hybridized carbons (Fsp3) is 0.294. The molecule has 1 aromatic heterocycles. The zero-order valence-corrected chi connectivity index (χ0v) is 13.9. The number of esters is 1. The van der Waals surface area contributed by atoms with Gasteiger partial charge in [0.2, 0.25) is 5.95 Å². The average Bonchev–Trinajstić information content (AvgIpc) is 2.55. The van der Waals surface area contributed by atoms with Gasteiger partial charge in [-0.2, -0.15) is 0 Å². The van der Waals surface area contributed by atoms with E-state index in [0.29, 0.717) is 23.8 Å². The molecule has 24 heavy (non-hydrogen) atoms. The predicted octanol–water partition coefficient (Wildman–Crippen LogP) is 2.73. The number of nitrogens with zero attached hydrogens (tertiary/aromatic N) is 2. The van der Waals surface area contributed by atoms with Crippen LogP contribution in [0.1, 0.15) is 41.6 Å². The minimum atomic E-state index is -0.393. The number of amides is 1. The van der Waals surface area contributed by atoms with E-state index in [2.05, 4.69) is 20.6 Å². The highest BCUT2D eigenvalue weighted by molar-refractivity contribution is 6.03. The minimum Gasteiger partial charge on any atom is -0.462 e. The zero-order valence-electron chi connectivity index (χ0n) is 13.9. The minimum absolute atomic E-state index is 0.165. The van der Waals surface area contributed by atoms with Crippen LogP contribution < -0.4 is 10.6 Å². The van der Waals surface area contributed by atoms with Gasteiger partial charge in [0.05, 0.1) is 12.2 Å². The molecule has 0 unspecified atom stereocenters. The van der Waals surface area contributed by atoms with E-state index in [-0.39, 0.29) is 17.6 Å². The topological polar surface area (TPSA) is 93.2 Å². The first-order chi connectivity index (χ1) is 11.5. The van der Waals surface area contributed by atoms with Gasteiger partial charge in [-0.3, -0.25) is 4.79 Å². The van der Waals surface area contributed by atoms with Crippen molar-refractivity contribution < 1.29 is 14.3 Å². The van der Waals surface area contributed by atoms with Gasteiger partial charge in [0.25, 0.3) is 5.91 Å². The third-order valence-electron chi connectivity index (χ3n) is 2.96. The van der Waals surface area contributed by atoms with Crippen molar-refractivity contribution in [1.29, 1.82) is 0 Å². The Labute approximate surface area is 140 Å². The quantitative estimate of drug-likeness (QED) is 0.792. The molecule has 126 valence electrons. The monoisotopic (exact) mass is 328 g/mol. The van der Waals surface area contributed by atoms with Crippen LogP contribution in [0.5, 0.6) is 0 Å². The zero-order chi connectivity index (χ0) is 17.5. The van der Waals surface area contributed by atoms with Crippen molar-refractivity contribution in [3.05, 3.63) is 47.8 Å². The molecule has 1 amide bonds. The van der Waals surface area contributed by atoms with Crippen molar-refractivity contribution in [2.75, 3.05) is 17.2 Å². The number of hydrogen-bond acceptors (Lipinski definition) is 6. The Morgan fingerprint density at radius 3 is 2.50 bits per heavy atom. The molecular weight excluding hydrogens is 308 g/mol. The van der Waals surface area contributed by atoms with E-state index in [1.165, 1.54) is 12.3 Å². The lowest BCUT2D eigenvalue weighted by Crippen LogP contribution is -2.17. The largest absolute Gasteiger partial charge is 0.462 e. The number of rotatable bonds is 6. The SMILES string of the molecule is CCOC(=O)c1ccc(NC(=O)c2ccnc(NC(C)C)n2)cc1. The maximum Gasteiger partial charge on any atom is 0.338 e. The molecule has 2 N–H and O–H groups in total. The van der Waals surface area contributed by atoms with Crippen LogP contribution in [-0.4, -0.2) is 34.5 Å². The molecule has 2 aromatic rings. The summed E-state index contributed by atoms with van der Waals surface area (Å²) in [4.78, 5) is 32.1. The molecule has 1 heterocycles. The second-order valence-electron chi connectivity index (χ2n) is 5.32. The molecule has 0 radical (unpaired) electrons. The smallest absolute Gasteiger partial charge is 0.338 e. The Balaban J connectivity index is 2.05. The Morgan fingerprint density at radius 1 is 1.17 bits per heavy atom. The van der Waals surface area contributed by atoms with Gasteiger partial charge >= 0.3 is 5.97 Å². The summed E-state index contributed by atoms with van der Waals surface area (Å²) in [6, 6.07) is 8.17. The fourth-order valence-corrected chi connectivity index (χ4v) is 1.91. The van der Waals surface area contributed by atoms with Gasteiger partial charge in [0.1, 0.15) is 5.69 Å². The van der Waals surface area contributed by atoms with E-state index in [1.54, 1.807) is 31.2 Å². The molecular formula is C17H20N4O3. The summed E-state index contributed by atoms with van der Waals surface area (Å²) >= 11 is 0. The number of anilines is 2. The maximum atomic E-state index is 12.3. The molecule has 0 atom stereocenters. The second kappa shape index (κ2) is 8.05. The second-order valence-corrected chi connectivity index (χ2v) is 5.32. The summed E-state index contributed by atoms with van der Waals surface area (Å²) in [5.41, 5.74) is 1.24. The van der Waals surface area contributed by atoms with Crippen molar-refractivity contribution >= 4 is 23.5 Å². The van der Waals surface area contributed by atoms with E-state index < -0.39 is 5.97 Å². The first-order valence-corrected chi connectivity index (χ1v) is 7.67. The molecule has 0 saturated heterocycles. The number of hydrogen-bond donors (Lipinski definition) is 2. The number of carbonyl (C=O) groups excluding carboxylic acids is 2. The van der Waals surface area contributed by atoms with Gasteiger partial charge in [-0.1, -0.05) is 0 Å². The Morgan fingerprint density at radius 2 is 1.88 bits per heavy atom. The molecule has 0 fully saturated rings. The third-order valence-corrected chi connectivity index (χ3v) is 2.96. The highest BCUT2D eigenvalue weighted by Gasteiger charge is 2.11. The summed E-state index contributed by atoms with van der Waals surface area (Å²) in [5, 5.41) is 5.77. The molecule has 0 bridgehead atoms. The summed E-state index contributed by atoms with van der Waals surface area (Å²) in [6.45, 7) is 5.98. The van der Waals surface area contributed by atoms with Crippen molar-refractivity contribution in [3.8, 4) is 0 Å². The van der Waals surface area contributed by atoms with Gasteiger partial charge in [-0.05, 0) is 51.1 Å². The van der Waals surface area contributed by atoms with Crippen molar-refractivity contribution in [3.63, 3.8) is 0 Å². The molecule has 2 rings (SSSR count). The van der Waals surface area contributed by atoms with Crippen LogP contribution in [0.3, 0.4) is 0 Å². The van der Waals surface area contributed by atoms with Crippen LogP contribution in [0.2, 0.25) is 0 Å². The van der Waals surface area contributed by atoms with Crippen LogP contribution in [0.4, 0.5) is 11.6 Å². The fourth-order valence-electron chi connectivity index (χ4n) is 1.91. The molecule has 7 nitrogen and oxygen atoms in total. The number of ether oxygens (including phenoxy) is 1. The van der Waals surface area contributed by atoms with Crippen LogP contribution in [0, 0.1) is 0 Å². The number of aromatic nitrogens is 2. The summed E-state index contributed by atoms with van der Waals surface area (Å²) in [7, 11) is 0. The molecule has 0 aliphatic rings. The maximum absolute atomic E-state index is 12.3. The predicted molar refractivity (Wildman–Crippen MR) is 91.1 cm³/mol. The molecule has 0 aliphatic heterocycles. The van der Waals surface area contributed by atoms with Gasteiger partial charge in [0.15, 0.2) is 0 Å². The Bertz CT molecular complexity index is 714. The summed E-state index contributed by atoms with van der Waals surface area (Å²) in [6.07, 6.45) is 1.52. The van der Waals surface area contributed by atoms with Crippen LogP contribution in [0.25, 0.3) is 0 Å². The molecule has 0 spiro atoms. The third kappa shape index (κ3) is 4.77. The van der Waals surface area contributed by atoms with Crippen LogP contribution in [0.15, 0.2) is 36.5 Å². The van der Waals surface area contributed by atoms with E-state index in [1.807, 2.05) is 13.8 Å². The standard InChI is InChI=1S/C17H20N4O3/c1-4-24-16(23)12-5-7-13(8-6-12)20-15(22)14-9-10-18-17(21-14)19-11(2)3/h5-11H,4H2,1-3H3,(H,20,22)(H,18,19,21). The molecule has 7 heteroatoms. The van der Waals surface area contributed by atoms with Crippen molar-refractivity contribution in [1.82, 2.24) is 9.97 Å². The van der Waals surface area contributed by atoms with E-state index in [0.717, 1.165) is 0 Å². The van der Waals surface area contributed by atoms with E-state index in [4.69, 9.17) is 4.74 Å². The normalized spacial score (nSPS) is 10.3. The highest BCUT2D eigenvalue weighted by atomic mass is 16.5. The van der Waals surface area contributed by atoms with Crippen LogP contribution in [-0.2, 0) is 4.74 Å². The number of benzene rings is 1. The van der Waals surface area contributed by atoms with E-state index >= 15 is 0 Å².